The second-order valence-electron chi connectivity index (χ2n) is 7.76. The first-order valence-corrected chi connectivity index (χ1v) is 9.96. The average molecular weight is 377 g/mol. The van der Waals surface area contributed by atoms with E-state index in [2.05, 4.69) is 10.1 Å². The van der Waals surface area contributed by atoms with Crippen LogP contribution in [-0.2, 0) is 19.4 Å². The van der Waals surface area contributed by atoms with Crippen LogP contribution in [0, 0.1) is 6.92 Å². The van der Waals surface area contributed by atoms with Crippen molar-refractivity contribution in [3.8, 4) is 0 Å². The number of aryl methyl sites for hydroxylation is 3. The van der Waals surface area contributed by atoms with Crippen molar-refractivity contribution in [2.24, 2.45) is 0 Å². The highest BCUT2D eigenvalue weighted by molar-refractivity contribution is 5.95. The monoisotopic (exact) mass is 377 g/mol. The van der Waals surface area contributed by atoms with Gasteiger partial charge in [-0.15, -0.1) is 0 Å². The summed E-state index contributed by atoms with van der Waals surface area (Å²) >= 11 is 0. The fourth-order valence-electron chi connectivity index (χ4n) is 4.57. The van der Waals surface area contributed by atoms with E-state index in [9.17, 15) is 9.59 Å². The van der Waals surface area contributed by atoms with Gasteiger partial charge in [0, 0.05) is 18.8 Å². The highest BCUT2D eigenvalue weighted by Crippen LogP contribution is 2.24. The molecule has 3 aromatic rings. The zero-order chi connectivity index (χ0) is 19.3. The summed E-state index contributed by atoms with van der Waals surface area (Å²) in [6.07, 6.45) is 6.64. The number of hydrogen-bond donors (Lipinski definition) is 0. The van der Waals surface area contributed by atoms with Gasteiger partial charge in [-0.1, -0.05) is 6.07 Å². The van der Waals surface area contributed by atoms with Crippen LogP contribution < -0.4 is 5.56 Å². The van der Waals surface area contributed by atoms with E-state index in [1.807, 2.05) is 40.6 Å². The lowest BCUT2D eigenvalue weighted by atomic mass is 10.2. The van der Waals surface area contributed by atoms with Crippen molar-refractivity contribution in [2.45, 2.75) is 51.6 Å². The van der Waals surface area contributed by atoms with E-state index in [0.29, 0.717) is 18.8 Å². The predicted octanol–water partition coefficient (Wildman–Crippen LogP) is 1.99. The molecule has 1 atom stereocenters. The molecule has 0 radical (unpaired) electrons. The van der Waals surface area contributed by atoms with E-state index in [-0.39, 0.29) is 17.5 Å². The summed E-state index contributed by atoms with van der Waals surface area (Å²) in [5.41, 5.74) is 4.17. The third kappa shape index (κ3) is 2.73. The molecule has 144 valence electrons. The summed E-state index contributed by atoms with van der Waals surface area (Å²) in [4.78, 5) is 32.3. The molecule has 1 unspecified atom stereocenters. The lowest BCUT2D eigenvalue weighted by Crippen LogP contribution is -2.41. The minimum Gasteiger partial charge on any atom is -0.332 e. The average Bonchev–Trinajstić information content (AvgIpc) is 3.39. The molecule has 4 heterocycles. The molecule has 0 N–H and O–H groups in total. The predicted molar refractivity (Wildman–Crippen MR) is 105 cm³/mol. The SMILES string of the molecule is Cc1nc2ccccn2c1C(=O)N1CCCC1Cn1nc2c(cc1=O)CCC2. The van der Waals surface area contributed by atoms with Crippen LogP contribution in [0.1, 0.15) is 46.7 Å². The number of imidazole rings is 1. The van der Waals surface area contributed by atoms with Crippen molar-refractivity contribution in [3.05, 3.63) is 63.5 Å². The van der Waals surface area contributed by atoms with E-state index in [0.717, 1.165) is 54.7 Å². The lowest BCUT2D eigenvalue weighted by Gasteiger charge is -2.25. The van der Waals surface area contributed by atoms with Gasteiger partial charge in [-0.3, -0.25) is 14.0 Å². The van der Waals surface area contributed by atoms with Gasteiger partial charge in [0.15, 0.2) is 0 Å². The van der Waals surface area contributed by atoms with Gasteiger partial charge < -0.3 is 4.90 Å². The van der Waals surface area contributed by atoms with Crippen molar-refractivity contribution in [3.63, 3.8) is 0 Å². The Morgan fingerprint density at radius 2 is 2.14 bits per heavy atom. The smallest absolute Gasteiger partial charge is 0.273 e. The molecule has 0 aromatic carbocycles. The van der Waals surface area contributed by atoms with Crippen LogP contribution in [0.3, 0.4) is 0 Å². The van der Waals surface area contributed by atoms with Crippen molar-refractivity contribution in [1.29, 1.82) is 0 Å². The highest BCUT2D eigenvalue weighted by atomic mass is 16.2. The number of nitrogens with zero attached hydrogens (tertiary/aromatic N) is 5. The fraction of sp³-hybridized carbons (Fsp3) is 0.429. The minimum absolute atomic E-state index is 0.0205. The number of rotatable bonds is 3. The summed E-state index contributed by atoms with van der Waals surface area (Å²) in [6, 6.07) is 7.43. The van der Waals surface area contributed by atoms with Crippen LogP contribution in [0.15, 0.2) is 35.3 Å². The van der Waals surface area contributed by atoms with Crippen molar-refractivity contribution < 1.29 is 4.79 Å². The molecule has 1 aliphatic carbocycles. The van der Waals surface area contributed by atoms with Crippen molar-refractivity contribution in [1.82, 2.24) is 24.1 Å². The third-order valence-electron chi connectivity index (χ3n) is 5.95. The maximum Gasteiger partial charge on any atom is 0.273 e. The second-order valence-corrected chi connectivity index (χ2v) is 7.76. The summed E-state index contributed by atoms with van der Waals surface area (Å²) in [6.45, 7) is 3.02. The Hall–Kier alpha value is -2.96. The molecule has 2 aliphatic rings. The Kier molecular flexibility index (Phi) is 4.03. The quantitative estimate of drug-likeness (QED) is 0.700. The highest BCUT2D eigenvalue weighted by Gasteiger charge is 2.33. The molecule has 5 rings (SSSR count). The molecule has 0 spiro atoms. The van der Waals surface area contributed by atoms with Crippen molar-refractivity contribution in [2.75, 3.05) is 6.54 Å². The van der Waals surface area contributed by atoms with Crippen LogP contribution >= 0.6 is 0 Å². The molecule has 0 bridgehead atoms. The largest absolute Gasteiger partial charge is 0.332 e. The van der Waals surface area contributed by atoms with E-state index in [1.165, 1.54) is 0 Å². The molecule has 28 heavy (non-hydrogen) atoms. The van der Waals surface area contributed by atoms with Gasteiger partial charge >= 0.3 is 0 Å². The minimum atomic E-state index is -0.0640. The van der Waals surface area contributed by atoms with Gasteiger partial charge in [0.1, 0.15) is 11.3 Å². The Morgan fingerprint density at radius 3 is 3.04 bits per heavy atom. The second kappa shape index (κ2) is 6.58. The number of carbonyl (C=O) groups is 1. The van der Waals surface area contributed by atoms with Crippen LogP contribution in [0.4, 0.5) is 0 Å². The van der Waals surface area contributed by atoms with Gasteiger partial charge in [-0.2, -0.15) is 5.10 Å². The molecule has 1 amide bonds. The van der Waals surface area contributed by atoms with Gasteiger partial charge in [-0.05, 0) is 56.7 Å². The summed E-state index contributed by atoms with van der Waals surface area (Å²) in [5, 5.41) is 4.59. The van der Waals surface area contributed by atoms with Gasteiger partial charge in [0.05, 0.1) is 24.0 Å². The molecule has 7 heteroatoms. The van der Waals surface area contributed by atoms with E-state index >= 15 is 0 Å². The lowest BCUT2D eigenvalue weighted by molar-refractivity contribution is 0.0712. The molecule has 0 saturated carbocycles. The standard InChI is InChI=1S/C21H23N5O2/c1-14-20(25-10-3-2-9-18(25)22-14)21(28)24-11-5-7-16(24)13-26-19(27)12-15-6-4-8-17(15)23-26/h2-3,9-10,12,16H,4-8,11,13H2,1H3. The number of amides is 1. The fourth-order valence-corrected chi connectivity index (χ4v) is 4.57. The Morgan fingerprint density at radius 1 is 1.25 bits per heavy atom. The van der Waals surface area contributed by atoms with Crippen molar-refractivity contribution >= 4 is 11.6 Å². The number of hydrogen-bond acceptors (Lipinski definition) is 4. The van der Waals surface area contributed by atoms with E-state index < -0.39 is 0 Å². The Balaban J connectivity index is 1.45. The molecule has 1 aliphatic heterocycles. The first-order valence-electron chi connectivity index (χ1n) is 9.96. The van der Waals surface area contributed by atoms with Gasteiger partial charge in [0.25, 0.3) is 11.5 Å². The maximum absolute atomic E-state index is 13.4. The van der Waals surface area contributed by atoms with E-state index in [1.54, 1.807) is 10.7 Å². The summed E-state index contributed by atoms with van der Waals surface area (Å²) in [7, 11) is 0. The number of pyridine rings is 1. The topological polar surface area (TPSA) is 72.5 Å². The molecular formula is C21H23N5O2. The maximum atomic E-state index is 13.4. The Labute approximate surface area is 162 Å². The first-order chi connectivity index (χ1) is 13.6. The van der Waals surface area contributed by atoms with Crippen LogP contribution in [-0.4, -0.2) is 42.6 Å². The van der Waals surface area contributed by atoms with E-state index in [4.69, 9.17) is 0 Å². The summed E-state index contributed by atoms with van der Waals surface area (Å²) < 4.78 is 3.41. The molecule has 1 fully saturated rings. The first kappa shape index (κ1) is 17.2. The van der Waals surface area contributed by atoms with Gasteiger partial charge in [-0.25, -0.2) is 9.67 Å². The molecular weight excluding hydrogens is 354 g/mol. The van der Waals surface area contributed by atoms with Crippen LogP contribution in [0.5, 0.6) is 0 Å². The number of fused-ring (bicyclic) bond motifs is 2. The van der Waals surface area contributed by atoms with Gasteiger partial charge in [0.2, 0.25) is 0 Å². The number of likely N-dealkylation sites (tertiary alicyclic amines) is 1. The molecule has 7 nitrogen and oxygen atoms in total. The zero-order valence-corrected chi connectivity index (χ0v) is 16.0. The number of carbonyl (C=O) groups excluding carboxylic acids is 1. The van der Waals surface area contributed by atoms with Crippen LogP contribution in [0.25, 0.3) is 5.65 Å². The van der Waals surface area contributed by atoms with Crippen LogP contribution in [0.2, 0.25) is 0 Å². The molecule has 3 aromatic heterocycles. The molecule has 1 saturated heterocycles. The Bertz CT molecular complexity index is 1130. The summed E-state index contributed by atoms with van der Waals surface area (Å²) in [5.74, 6) is -0.0205. The number of aromatic nitrogens is 4. The zero-order valence-electron chi connectivity index (χ0n) is 16.0. The third-order valence-corrected chi connectivity index (χ3v) is 5.95. The normalized spacial score (nSPS) is 18.8.